The summed E-state index contributed by atoms with van der Waals surface area (Å²) in [5.74, 6) is 1.72. The van der Waals surface area contributed by atoms with Gasteiger partial charge in [-0.15, -0.1) is 0 Å². The normalized spacial score (nSPS) is 28.9. The zero-order chi connectivity index (χ0) is 18.7. The molecule has 1 aliphatic heterocycles. The predicted octanol–water partition coefficient (Wildman–Crippen LogP) is 3.70. The van der Waals surface area contributed by atoms with Gasteiger partial charge in [0.1, 0.15) is 5.75 Å². The highest BCUT2D eigenvalue weighted by Gasteiger charge is 2.41. The largest absolute Gasteiger partial charge is 0.494 e. The molecule has 1 N–H and O–H groups in total. The van der Waals surface area contributed by atoms with E-state index in [9.17, 15) is 9.59 Å². The number of amides is 2. The van der Waals surface area contributed by atoms with Gasteiger partial charge in [0.2, 0.25) is 11.8 Å². The van der Waals surface area contributed by atoms with Crippen molar-refractivity contribution >= 4 is 17.5 Å². The van der Waals surface area contributed by atoms with Gasteiger partial charge in [-0.25, -0.2) is 0 Å². The first-order valence-electron chi connectivity index (χ1n) is 9.82. The molecule has 1 aliphatic carbocycles. The average molecular weight is 358 g/mol. The second-order valence-corrected chi connectivity index (χ2v) is 7.73. The van der Waals surface area contributed by atoms with Crippen molar-refractivity contribution in [3.05, 3.63) is 24.3 Å². The molecule has 1 aromatic rings. The van der Waals surface area contributed by atoms with E-state index in [2.05, 4.69) is 19.2 Å². The standard InChI is InChI=1S/C21H30N2O3/c1-4-26-18-10-8-17(9-11-18)22-21(25)16-12-20(24)23(13-16)19-7-5-6-14(2)15(19)3/h8-11,14-16,19H,4-7,12-13H2,1-3H3,(H,22,25)/t14-,15-,16+,19+/m0/s1. The van der Waals surface area contributed by atoms with Crippen LogP contribution in [0.4, 0.5) is 5.69 Å². The number of hydrogen-bond donors (Lipinski definition) is 1. The Bertz CT molecular complexity index is 643. The number of carbonyl (C=O) groups excluding carboxylic acids is 2. The number of hydrogen-bond acceptors (Lipinski definition) is 3. The number of ether oxygens (including phenoxy) is 1. The maximum Gasteiger partial charge on any atom is 0.229 e. The molecule has 2 aliphatic rings. The van der Waals surface area contributed by atoms with Crippen LogP contribution in [0.15, 0.2) is 24.3 Å². The quantitative estimate of drug-likeness (QED) is 0.873. The Hall–Kier alpha value is -2.04. The molecule has 0 bridgehead atoms. The molecule has 26 heavy (non-hydrogen) atoms. The van der Waals surface area contributed by atoms with Gasteiger partial charge in [0.15, 0.2) is 0 Å². The van der Waals surface area contributed by atoms with Crippen LogP contribution in [-0.4, -0.2) is 35.9 Å². The van der Waals surface area contributed by atoms with Crippen LogP contribution < -0.4 is 10.1 Å². The summed E-state index contributed by atoms with van der Waals surface area (Å²) in [5, 5.41) is 2.94. The smallest absolute Gasteiger partial charge is 0.229 e. The molecule has 5 heteroatoms. The van der Waals surface area contributed by atoms with Crippen molar-refractivity contribution in [1.82, 2.24) is 4.90 Å². The highest BCUT2D eigenvalue weighted by Crippen LogP contribution is 2.36. The topological polar surface area (TPSA) is 58.6 Å². The summed E-state index contributed by atoms with van der Waals surface area (Å²) in [6, 6.07) is 7.65. The second kappa shape index (κ2) is 8.11. The first-order valence-corrected chi connectivity index (χ1v) is 9.82. The van der Waals surface area contributed by atoms with Crippen LogP contribution in [0.3, 0.4) is 0 Å². The summed E-state index contributed by atoms with van der Waals surface area (Å²) in [6.45, 7) is 7.61. The Morgan fingerprint density at radius 1 is 1.23 bits per heavy atom. The Labute approximate surface area is 156 Å². The lowest BCUT2D eigenvalue weighted by Gasteiger charge is -2.40. The van der Waals surface area contributed by atoms with E-state index < -0.39 is 0 Å². The highest BCUT2D eigenvalue weighted by atomic mass is 16.5. The predicted molar refractivity (Wildman–Crippen MR) is 102 cm³/mol. The van der Waals surface area contributed by atoms with Gasteiger partial charge in [0, 0.05) is 24.7 Å². The Balaban J connectivity index is 1.60. The fourth-order valence-corrected chi connectivity index (χ4v) is 4.27. The number of likely N-dealkylation sites (tertiary alicyclic amines) is 1. The average Bonchev–Trinajstić information content (AvgIpc) is 3.01. The molecule has 0 radical (unpaired) electrons. The van der Waals surface area contributed by atoms with Gasteiger partial charge in [0.25, 0.3) is 0 Å². The minimum absolute atomic E-state index is 0.0680. The third-order valence-electron chi connectivity index (χ3n) is 6.03. The molecule has 4 atom stereocenters. The van der Waals surface area contributed by atoms with Crippen LogP contribution in [0, 0.1) is 17.8 Å². The zero-order valence-corrected chi connectivity index (χ0v) is 16.0. The van der Waals surface area contributed by atoms with E-state index in [0.717, 1.165) is 17.9 Å². The van der Waals surface area contributed by atoms with Crippen molar-refractivity contribution in [2.24, 2.45) is 17.8 Å². The van der Waals surface area contributed by atoms with Crippen LogP contribution in [0.5, 0.6) is 5.75 Å². The van der Waals surface area contributed by atoms with E-state index >= 15 is 0 Å². The maximum atomic E-state index is 12.6. The van der Waals surface area contributed by atoms with E-state index in [1.54, 1.807) is 0 Å². The lowest BCUT2D eigenvalue weighted by molar-refractivity contribution is -0.131. The molecule has 2 amide bonds. The second-order valence-electron chi connectivity index (χ2n) is 7.73. The van der Waals surface area contributed by atoms with Crippen LogP contribution >= 0.6 is 0 Å². The number of nitrogens with zero attached hydrogens (tertiary/aromatic N) is 1. The number of nitrogens with one attached hydrogen (secondary N) is 1. The Morgan fingerprint density at radius 3 is 2.65 bits per heavy atom. The molecule has 0 unspecified atom stereocenters. The van der Waals surface area contributed by atoms with Crippen LogP contribution in [-0.2, 0) is 9.59 Å². The van der Waals surface area contributed by atoms with Gasteiger partial charge in [-0.3, -0.25) is 9.59 Å². The van der Waals surface area contributed by atoms with Crippen molar-refractivity contribution in [3.63, 3.8) is 0 Å². The van der Waals surface area contributed by atoms with E-state index in [4.69, 9.17) is 4.74 Å². The maximum absolute atomic E-state index is 12.6. The van der Waals surface area contributed by atoms with Gasteiger partial charge >= 0.3 is 0 Å². The summed E-state index contributed by atoms with van der Waals surface area (Å²) in [7, 11) is 0. The van der Waals surface area contributed by atoms with Crippen molar-refractivity contribution in [1.29, 1.82) is 0 Å². The molecule has 3 rings (SSSR count). The summed E-state index contributed by atoms with van der Waals surface area (Å²) in [4.78, 5) is 27.1. The van der Waals surface area contributed by atoms with Crippen LogP contribution in [0.2, 0.25) is 0 Å². The van der Waals surface area contributed by atoms with E-state index in [1.165, 1.54) is 12.8 Å². The van der Waals surface area contributed by atoms with E-state index in [-0.39, 0.29) is 23.8 Å². The van der Waals surface area contributed by atoms with Gasteiger partial charge in [-0.2, -0.15) is 0 Å². The molecule has 1 heterocycles. The summed E-state index contributed by atoms with van der Waals surface area (Å²) in [5.41, 5.74) is 0.740. The minimum Gasteiger partial charge on any atom is -0.494 e. The molecule has 2 fully saturated rings. The minimum atomic E-state index is -0.265. The Kier molecular flexibility index (Phi) is 5.84. The van der Waals surface area contributed by atoms with Gasteiger partial charge in [-0.1, -0.05) is 26.7 Å². The lowest BCUT2D eigenvalue weighted by Crippen LogP contribution is -2.45. The molecular formula is C21H30N2O3. The molecule has 1 saturated carbocycles. The number of rotatable bonds is 5. The summed E-state index contributed by atoms with van der Waals surface area (Å²) < 4.78 is 5.42. The third kappa shape index (κ3) is 4.02. The molecule has 0 aromatic heterocycles. The van der Waals surface area contributed by atoms with Crippen molar-refractivity contribution < 1.29 is 14.3 Å². The molecule has 5 nitrogen and oxygen atoms in total. The molecule has 0 spiro atoms. The number of carbonyl (C=O) groups is 2. The number of anilines is 1. The van der Waals surface area contributed by atoms with E-state index in [1.807, 2.05) is 36.1 Å². The van der Waals surface area contributed by atoms with Crippen LogP contribution in [0.1, 0.15) is 46.5 Å². The Morgan fingerprint density at radius 2 is 1.96 bits per heavy atom. The van der Waals surface area contributed by atoms with E-state index in [0.29, 0.717) is 31.4 Å². The monoisotopic (exact) mass is 358 g/mol. The lowest BCUT2D eigenvalue weighted by atomic mass is 9.77. The van der Waals surface area contributed by atoms with Crippen molar-refractivity contribution in [3.8, 4) is 5.75 Å². The molecule has 142 valence electrons. The summed E-state index contributed by atoms with van der Waals surface area (Å²) >= 11 is 0. The molecule has 1 saturated heterocycles. The van der Waals surface area contributed by atoms with Gasteiger partial charge in [0.05, 0.1) is 12.5 Å². The third-order valence-corrected chi connectivity index (χ3v) is 6.03. The van der Waals surface area contributed by atoms with Crippen molar-refractivity contribution in [2.75, 3.05) is 18.5 Å². The zero-order valence-electron chi connectivity index (χ0n) is 16.0. The summed E-state index contributed by atoms with van der Waals surface area (Å²) in [6.07, 6.45) is 3.79. The highest BCUT2D eigenvalue weighted by molar-refractivity contribution is 5.97. The fourth-order valence-electron chi connectivity index (χ4n) is 4.27. The first kappa shape index (κ1) is 18.7. The number of benzene rings is 1. The molecule has 1 aromatic carbocycles. The first-order chi connectivity index (χ1) is 12.5. The molecular weight excluding hydrogens is 328 g/mol. The van der Waals surface area contributed by atoms with Gasteiger partial charge < -0.3 is 15.0 Å². The van der Waals surface area contributed by atoms with Gasteiger partial charge in [-0.05, 0) is 49.4 Å². The fraction of sp³-hybridized carbons (Fsp3) is 0.619. The SMILES string of the molecule is CCOc1ccc(NC(=O)[C@@H]2CC(=O)N([C@@H]3CCC[C@H](C)[C@@H]3C)C2)cc1. The van der Waals surface area contributed by atoms with Crippen LogP contribution in [0.25, 0.3) is 0 Å². The van der Waals surface area contributed by atoms with Crippen molar-refractivity contribution in [2.45, 2.75) is 52.5 Å².